The van der Waals surface area contributed by atoms with Crippen molar-refractivity contribution in [1.82, 2.24) is 0 Å². The molecule has 0 aromatic rings. The first-order chi connectivity index (χ1) is 5.41. The SMILES string of the molecule is [3H]C#C/C=N/N=N/N=N/N=N. The van der Waals surface area contributed by atoms with E-state index in [0.29, 0.717) is 0 Å². The van der Waals surface area contributed by atoms with Crippen LogP contribution in [0.5, 0.6) is 0 Å². The zero-order valence-electron chi connectivity index (χ0n) is 5.76. The summed E-state index contributed by atoms with van der Waals surface area (Å²) in [6, 6.07) is 0. The largest absolute Gasteiger partial charge is 0.183 e. The maximum atomic E-state index is 6.34. The molecule has 0 bridgehead atoms. The van der Waals surface area contributed by atoms with E-state index >= 15 is 0 Å². The van der Waals surface area contributed by atoms with E-state index in [0.717, 1.165) is 6.21 Å². The number of rotatable bonds is 3. The van der Waals surface area contributed by atoms with E-state index in [2.05, 4.69) is 37.1 Å². The van der Waals surface area contributed by atoms with Crippen molar-refractivity contribution in [2.45, 2.75) is 0 Å². The second-order valence-corrected chi connectivity index (χ2v) is 0.847. The second kappa shape index (κ2) is 7.03. The molecule has 0 spiro atoms. The number of nitrogens with one attached hydrogen (secondary N) is 1. The van der Waals surface area contributed by atoms with Gasteiger partial charge < -0.3 is 0 Å². The average Bonchev–Trinajstić information content (AvgIpc) is 2.03. The van der Waals surface area contributed by atoms with E-state index in [1.54, 1.807) is 0 Å². The Morgan fingerprint density at radius 1 is 1.40 bits per heavy atom. The molecule has 0 aliphatic rings. The van der Waals surface area contributed by atoms with Crippen LogP contribution in [0.2, 0.25) is 0 Å². The van der Waals surface area contributed by atoms with Crippen molar-refractivity contribution in [2.75, 3.05) is 0 Å². The van der Waals surface area contributed by atoms with Crippen molar-refractivity contribution in [3.63, 3.8) is 0 Å². The zero-order valence-corrected chi connectivity index (χ0v) is 4.76. The quantitative estimate of drug-likeness (QED) is 0.264. The van der Waals surface area contributed by atoms with Gasteiger partial charge in [0.25, 0.3) is 0 Å². The van der Waals surface area contributed by atoms with E-state index in [-0.39, 0.29) is 0 Å². The molecule has 0 radical (unpaired) electrons. The summed E-state index contributed by atoms with van der Waals surface area (Å²) in [5.74, 6) is 2.18. The van der Waals surface area contributed by atoms with Crippen molar-refractivity contribution < 1.29 is 1.37 Å². The molecule has 0 aliphatic heterocycles. The minimum Gasteiger partial charge on any atom is -0.183 e. The monoisotopic (exact) mass is 139 g/mol. The molecule has 7 heteroatoms. The lowest BCUT2D eigenvalue weighted by atomic mass is 10.8. The maximum Gasteiger partial charge on any atom is 0.124 e. The second-order valence-electron chi connectivity index (χ2n) is 0.847. The van der Waals surface area contributed by atoms with Gasteiger partial charge in [-0.25, -0.2) is 0 Å². The van der Waals surface area contributed by atoms with Gasteiger partial charge in [0.1, 0.15) is 7.59 Å². The predicted octanol–water partition coefficient (Wildman–Crippen LogP) is 1.37. The molecule has 0 unspecified atom stereocenters. The number of hydrogen-bond donors (Lipinski definition) is 1. The summed E-state index contributed by atoms with van der Waals surface area (Å²) < 4.78 is 6.34. The van der Waals surface area contributed by atoms with Gasteiger partial charge in [0.2, 0.25) is 0 Å². The molecular weight excluding hydrogens is 134 g/mol. The van der Waals surface area contributed by atoms with Crippen LogP contribution >= 0.6 is 0 Å². The van der Waals surface area contributed by atoms with Crippen molar-refractivity contribution in [1.29, 1.82) is 5.53 Å². The zero-order chi connectivity index (χ0) is 8.36. The molecule has 0 saturated heterocycles. The highest BCUT2D eigenvalue weighted by molar-refractivity contribution is 5.76. The van der Waals surface area contributed by atoms with Gasteiger partial charge in [0.05, 0.1) is 0 Å². The topological polar surface area (TPSA) is 98.0 Å². The Morgan fingerprint density at radius 3 is 2.90 bits per heavy atom. The molecule has 1 N–H and O–H groups in total. The molecule has 0 heterocycles. The Morgan fingerprint density at radius 2 is 2.20 bits per heavy atom. The highest BCUT2D eigenvalue weighted by atomic mass is 15.6. The summed E-state index contributed by atoms with van der Waals surface area (Å²) in [7, 11) is 0. The Balaban J connectivity index is 3.65. The first-order valence-corrected chi connectivity index (χ1v) is 2.02. The highest BCUT2D eigenvalue weighted by Gasteiger charge is 1.62. The van der Waals surface area contributed by atoms with E-state index in [4.69, 9.17) is 6.90 Å². The lowest BCUT2D eigenvalue weighted by molar-refractivity contribution is 0.808. The lowest BCUT2D eigenvalue weighted by Gasteiger charge is -1.66. The van der Waals surface area contributed by atoms with Crippen molar-refractivity contribution in [3.05, 3.63) is 0 Å². The molecule has 7 nitrogen and oxygen atoms in total. The lowest BCUT2D eigenvalue weighted by Crippen LogP contribution is -1.56. The first kappa shape index (κ1) is 6.15. The molecular formula is C3H3N7. The molecule has 0 aromatic carbocycles. The Hall–Kier alpha value is -1.97. The van der Waals surface area contributed by atoms with Gasteiger partial charge in [-0.05, 0) is 26.1 Å². The number of terminal acetylenes is 1. The van der Waals surface area contributed by atoms with Crippen molar-refractivity contribution in [3.8, 4) is 12.3 Å². The van der Waals surface area contributed by atoms with Gasteiger partial charge in [-0.15, -0.1) is 11.5 Å². The first-order valence-electron chi connectivity index (χ1n) is 2.52. The van der Waals surface area contributed by atoms with E-state index in [1.165, 1.54) is 0 Å². The summed E-state index contributed by atoms with van der Waals surface area (Å²) in [4.78, 5) is 0. The van der Waals surface area contributed by atoms with E-state index < -0.39 is 0 Å². The van der Waals surface area contributed by atoms with Crippen molar-refractivity contribution >= 4 is 6.21 Å². The highest BCUT2D eigenvalue weighted by Crippen LogP contribution is 1.79. The van der Waals surface area contributed by atoms with Gasteiger partial charge in [0.15, 0.2) is 0 Å². The van der Waals surface area contributed by atoms with Crippen LogP contribution in [0.15, 0.2) is 31.2 Å². The minimum absolute atomic E-state index is 1.07. The third kappa shape index (κ3) is 6.03. The Kier molecular flexibility index (Phi) is 4.33. The molecule has 0 aromatic heterocycles. The molecule has 0 saturated carbocycles. The van der Waals surface area contributed by atoms with Crippen molar-refractivity contribution in [2.24, 2.45) is 31.2 Å². The van der Waals surface area contributed by atoms with E-state index in [9.17, 15) is 0 Å². The predicted molar refractivity (Wildman–Crippen MR) is 32.2 cm³/mol. The minimum atomic E-state index is 1.07. The molecule has 0 atom stereocenters. The van der Waals surface area contributed by atoms with Gasteiger partial charge >= 0.3 is 0 Å². The summed E-state index contributed by atoms with van der Waals surface area (Å²) in [5.41, 5.74) is 6.13. The fraction of sp³-hybridized carbons (Fsp3) is 0. The third-order valence-corrected chi connectivity index (χ3v) is 0.339. The fourth-order valence-electron chi connectivity index (χ4n) is 0.134. The van der Waals surface area contributed by atoms with Gasteiger partial charge in [-0.2, -0.15) is 5.53 Å². The van der Waals surface area contributed by atoms with Crippen LogP contribution in [-0.2, 0) is 0 Å². The smallest absolute Gasteiger partial charge is 0.124 e. The van der Waals surface area contributed by atoms with Crippen LogP contribution in [0, 0.1) is 17.9 Å². The van der Waals surface area contributed by atoms with Crippen LogP contribution in [0.1, 0.15) is 1.37 Å². The molecule has 0 fully saturated rings. The van der Waals surface area contributed by atoms with Crippen LogP contribution in [0.3, 0.4) is 0 Å². The van der Waals surface area contributed by atoms with Gasteiger partial charge in [-0.3, -0.25) is 0 Å². The summed E-state index contributed by atoms with van der Waals surface area (Å²) in [6.45, 7) is 0. The average molecular weight is 139 g/mol. The number of nitrogens with zero attached hydrogens (tertiary/aromatic N) is 6. The van der Waals surface area contributed by atoms with Crippen LogP contribution < -0.4 is 0 Å². The van der Waals surface area contributed by atoms with Crippen LogP contribution in [0.4, 0.5) is 0 Å². The summed E-state index contributed by atoms with van der Waals surface area (Å²) in [6.07, 6.45) is 2.89. The van der Waals surface area contributed by atoms with E-state index in [1.807, 2.05) is 6.40 Å². The molecule has 50 valence electrons. The standard InChI is InChI=1S/C3H3N7/c1-2-3-5-7-9-10-8-6-4/h1,3-4H/b5-3+,6-4?,9-7+,10-8+/i1T. The summed E-state index contributed by atoms with van der Waals surface area (Å²) in [5, 5.41) is 17.5. The Bertz CT molecular complexity index is 242. The third-order valence-electron chi connectivity index (χ3n) is 0.339. The summed E-state index contributed by atoms with van der Waals surface area (Å²) >= 11 is 0. The molecule has 0 rings (SSSR count). The van der Waals surface area contributed by atoms with Gasteiger partial charge in [-0.1, -0.05) is 5.92 Å². The fourth-order valence-corrected chi connectivity index (χ4v) is 0.134. The van der Waals surface area contributed by atoms with Crippen LogP contribution in [-0.4, -0.2) is 6.21 Å². The van der Waals surface area contributed by atoms with Crippen LogP contribution in [0.25, 0.3) is 0 Å². The normalized spacial score (nSPS) is 11.8. The Labute approximate surface area is 57.8 Å². The number of hydrogen-bond acceptors (Lipinski definition) is 2. The van der Waals surface area contributed by atoms with Gasteiger partial charge in [0, 0.05) is 0 Å². The maximum absolute atomic E-state index is 6.34. The molecule has 0 amide bonds. The molecule has 10 heavy (non-hydrogen) atoms. The molecule has 0 aliphatic carbocycles.